The average Bonchev–Trinajstić information content (AvgIpc) is 2.73. The Labute approximate surface area is 126 Å². The van der Waals surface area contributed by atoms with Crippen molar-refractivity contribution in [3.63, 3.8) is 0 Å². The molecule has 0 bridgehead atoms. The molecule has 0 aromatic carbocycles. The predicted octanol–water partition coefficient (Wildman–Crippen LogP) is 4.67. The molecule has 2 fully saturated rings. The third kappa shape index (κ3) is 3.76. The molecule has 2 heteroatoms. The molecule has 1 N–H and O–H groups in total. The van der Waals surface area contributed by atoms with Gasteiger partial charge in [0.15, 0.2) is 0 Å². The summed E-state index contributed by atoms with van der Waals surface area (Å²) >= 11 is 0. The molecule has 118 valence electrons. The molecule has 0 aromatic rings. The fourth-order valence-electron chi connectivity index (χ4n) is 4.33. The Morgan fingerprint density at radius 2 is 1.75 bits per heavy atom. The zero-order valence-corrected chi connectivity index (χ0v) is 13.8. The summed E-state index contributed by atoms with van der Waals surface area (Å²) < 4.78 is 6.31. The van der Waals surface area contributed by atoms with Crippen LogP contribution in [-0.2, 0) is 4.74 Å². The molecule has 0 aromatic heterocycles. The minimum atomic E-state index is 0.483. The fourth-order valence-corrected chi connectivity index (χ4v) is 4.33. The first-order valence-corrected chi connectivity index (χ1v) is 9.18. The van der Waals surface area contributed by atoms with Gasteiger partial charge in [-0.25, -0.2) is 0 Å². The number of hydrogen-bond donors (Lipinski definition) is 1. The van der Waals surface area contributed by atoms with Gasteiger partial charge >= 0.3 is 0 Å². The molecule has 20 heavy (non-hydrogen) atoms. The van der Waals surface area contributed by atoms with Crippen molar-refractivity contribution in [2.24, 2.45) is 5.41 Å². The summed E-state index contributed by atoms with van der Waals surface area (Å²) in [6.07, 6.45) is 15.6. The zero-order chi connectivity index (χ0) is 14.3. The molecule has 2 rings (SSSR count). The second kappa shape index (κ2) is 8.38. The molecule has 2 aliphatic rings. The zero-order valence-electron chi connectivity index (χ0n) is 13.8. The number of hydrogen-bond acceptors (Lipinski definition) is 2. The van der Waals surface area contributed by atoms with Gasteiger partial charge in [0.05, 0.1) is 6.10 Å². The lowest BCUT2D eigenvalue weighted by Gasteiger charge is -2.56. The van der Waals surface area contributed by atoms with Crippen LogP contribution in [0.3, 0.4) is 0 Å². The molecule has 1 spiro atoms. The smallest absolute Gasteiger partial charge is 0.0661 e. The third-order valence-corrected chi connectivity index (χ3v) is 5.59. The van der Waals surface area contributed by atoms with E-state index < -0.39 is 0 Å². The van der Waals surface area contributed by atoms with Crippen LogP contribution in [0.5, 0.6) is 0 Å². The SMILES string of the molecule is CCCCCCOC1CC(NCC)C12CCCCCC2. The maximum Gasteiger partial charge on any atom is 0.0661 e. The molecule has 2 aliphatic carbocycles. The predicted molar refractivity (Wildman–Crippen MR) is 86.1 cm³/mol. The maximum atomic E-state index is 6.31. The Kier molecular flexibility index (Phi) is 6.83. The molecular formula is C18H35NO. The molecule has 2 atom stereocenters. The monoisotopic (exact) mass is 281 g/mol. The van der Waals surface area contributed by atoms with E-state index in [4.69, 9.17) is 4.74 Å². The van der Waals surface area contributed by atoms with Gasteiger partial charge in [0.25, 0.3) is 0 Å². The maximum absolute atomic E-state index is 6.31. The van der Waals surface area contributed by atoms with Crippen molar-refractivity contribution in [3.8, 4) is 0 Å². The minimum absolute atomic E-state index is 0.483. The summed E-state index contributed by atoms with van der Waals surface area (Å²) in [5, 5.41) is 3.73. The lowest BCUT2D eigenvalue weighted by atomic mass is 9.57. The van der Waals surface area contributed by atoms with E-state index in [1.165, 1.54) is 70.6 Å². The molecule has 0 aliphatic heterocycles. The van der Waals surface area contributed by atoms with E-state index in [2.05, 4.69) is 19.2 Å². The van der Waals surface area contributed by atoms with Gasteiger partial charge in [0.1, 0.15) is 0 Å². The van der Waals surface area contributed by atoms with Gasteiger partial charge in [-0.3, -0.25) is 0 Å². The Balaban J connectivity index is 1.81. The third-order valence-electron chi connectivity index (χ3n) is 5.59. The first-order valence-electron chi connectivity index (χ1n) is 9.18. The van der Waals surface area contributed by atoms with E-state index in [-0.39, 0.29) is 0 Å². The Bertz CT molecular complexity index is 258. The highest BCUT2D eigenvalue weighted by Crippen LogP contribution is 2.52. The molecule has 0 saturated heterocycles. The summed E-state index contributed by atoms with van der Waals surface area (Å²) in [5.41, 5.74) is 0.483. The van der Waals surface area contributed by atoms with Crippen molar-refractivity contribution >= 4 is 0 Å². The highest BCUT2D eigenvalue weighted by Gasteiger charge is 2.54. The van der Waals surface area contributed by atoms with Crippen molar-refractivity contribution in [2.75, 3.05) is 13.2 Å². The van der Waals surface area contributed by atoms with Gasteiger partial charge in [-0.1, -0.05) is 58.8 Å². The number of unbranched alkanes of at least 4 members (excludes halogenated alkanes) is 3. The molecular weight excluding hydrogens is 246 g/mol. The Hall–Kier alpha value is -0.0800. The average molecular weight is 281 g/mol. The fraction of sp³-hybridized carbons (Fsp3) is 1.00. The summed E-state index contributed by atoms with van der Waals surface area (Å²) in [6, 6.07) is 0.728. The van der Waals surface area contributed by atoms with Crippen LogP contribution in [0.15, 0.2) is 0 Å². The van der Waals surface area contributed by atoms with Crippen molar-refractivity contribution in [1.82, 2.24) is 5.32 Å². The van der Waals surface area contributed by atoms with Gasteiger partial charge in [0.2, 0.25) is 0 Å². The minimum Gasteiger partial charge on any atom is -0.378 e. The highest BCUT2D eigenvalue weighted by molar-refractivity contribution is 5.08. The second-order valence-corrected chi connectivity index (χ2v) is 6.91. The first kappa shape index (κ1) is 16.3. The van der Waals surface area contributed by atoms with E-state index >= 15 is 0 Å². The molecule has 0 amide bonds. The van der Waals surface area contributed by atoms with Gasteiger partial charge < -0.3 is 10.1 Å². The van der Waals surface area contributed by atoms with Gasteiger partial charge in [-0.2, -0.15) is 0 Å². The van der Waals surface area contributed by atoms with Gasteiger partial charge in [0, 0.05) is 18.1 Å². The van der Waals surface area contributed by atoms with E-state index in [0.29, 0.717) is 11.5 Å². The molecule has 2 nitrogen and oxygen atoms in total. The largest absolute Gasteiger partial charge is 0.378 e. The molecule has 2 unspecified atom stereocenters. The summed E-state index contributed by atoms with van der Waals surface area (Å²) in [6.45, 7) is 6.61. The van der Waals surface area contributed by atoms with Crippen molar-refractivity contribution in [2.45, 2.75) is 96.6 Å². The molecule has 2 saturated carbocycles. The Morgan fingerprint density at radius 1 is 1.00 bits per heavy atom. The second-order valence-electron chi connectivity index (χ2n) is 6.91. The van der Waals surface area contributed by atoms with Gasteiger partial charge in [-0.15, -0.1) is 0 Å². The van der Waals surface area contributed by atoms with E-state index in [0.717, 1.165) is 19.2 Å². The summed E-state index contributed by atoms with van der Waals surface area (Å²) in [7, 11) is 0. The molecule has 0 heterocycles. The number of nitrogens with one attached hydrogen (secondary N) is 1. The number of ether oxygens (including phenoxy) is 1. The van der Waals surface area contributed by atoms with Crippen LogP contribution in [0.4, 0.5) is 0 Å². The topological polar surface area (TPSA) is 21.3 Å². The summed E-state index contributed by atoms with van der Waals surface area (Å²) in [5.74, 6) is 0. The Morgan fingerprint density at radius 3 is 2.40 bits per heavy atom. The van der Waals surface area contributed by atoms with E-state index in [1.807, 2.05) is 0 Å². The van der Waals surface area contributed by atoms with Gasteiger partial charge in [-0.05, 0) is 32.2 Å². The highest BCUT2D eigenvalue weighted by atomic mass is 16.5. The van der Waals surface area contributed by atoms with Crippen molar-refractivity contribution in [1.29, 1.82) is 0 Å². The van der Waals surface area contributed by atoms with Crippen LogP contribution >= 0.6 is 0 Å². The van der Waals surface area contributed by atoms with Crippen LogP contribution in [0.25, 0.3) is 0 Å². The van der Waals surface area contributed by atoms with Crippen LogP contribution in [-0.4, -0.2) is 25.3 Å². The van der Waals surface area contributed by atoms with E-state index in [1.54, 1.807) is 0 Å². The lowest BCUT2D eigenvalue weighted by Crippen LogP contribution is -2.63. The first-order chi connectivity index (χ1) is 9.83. The molecule has 0 radical (unpaired) electrons. The number of rotatable bonds is 8. The van der Waals surface area contributed by atoms with Crippen LogP contribution in [0.2, 0.25) is 0 Å². The standard InChI is InChI=1S/C18H35NO/c1-3-5-6-11-14-20-17-15-16(19-4-2)18(17)12-9-7-8-10-13-18/h16-17,19H,3-15H2,1-2H3. The quantitative estimate of drug-likeness (QED) is 0.653. The lowest BCUT2D eigenvalue weighted by molar-refractivity contribution is -0.144. The van der Waals surface area contributed by atoms with Crippen LogP contribution in [0.1, 0.15) is 84.5 Å². The van der Waals surface area contributed by atoms with Crippen molar-refractivity contribution < 1.29 is 4.74 Å². The van der Waals surface area contributed by atoms with Crippen LogP contribution in [0, 0.1) is 5.41 Å². The van der Waals surface area contributed by atoms with Crippen LogP contribution < -0.4 is 5.32 Å². The summed E-state index contributed by atoms with van der Waals surface area (Å²) in [4.78, 5) is 0. The normalized spacial score (nSPS) is 29.1. The van der Waals surface area contributed by atoms with Crippen molar-refractivity contribution in [3.05, 3.63) is 0 Å². The van der Waals surface area contributed by atoms with E-state index in [9.17, 15) is 0 Å².